The maximum atomic E-state index is 12.1. The van der Waals surface area contributed by atoms with Crippen LogP contribution in [0, 0.1) is 0 Å². The van der Waals surface area contributed by atoms with Crippen molar-refractivity contribution in [3.63, 3.8) is 0 Å². The Bertz CT molecular complexity index is 562. The summed E-state index contributed by atoms with van der Waals surface area (Å²) >= 11 is 3.01. The monoisotopic (exact) mass is 361 g/mol. The summed E-state index contributed by atoms with van der Waals surface area (Å²) in [6, 6.07) is -0.131. The molecule has 3 N–H and O–H groups in total. The highest BCUT2D eigenvalue weighted by molar-refractivity contribution is 9.10. The molecule has 19 heavy (non-hydrogen) atoms. The van der Waals surface area contributed by atoms with Crippen molar-refractivity contribution in [3.05, 3.63) is 16.7 Å². The highest BCUT2D eigenvalue weighted by atomic mass is 79.9. The molecule has 0 aromatic carbocycles. The molecular formula is C9H11BrF3N3O2S. The van der Waals surface area contributed by atoms with Crippen molar-refractivity contribution in [1.82, 2.24) is 9.71 Å². The fraction of sp³-hybridized carbons (Fsp3) is 0.444. The fourth-order valence-electron chi connectivity index (χ4n) is 1.36. The molecule has 0 amide bonds. The Labute approximate surface area is 116 Å². The summed E-state index contributed by atoms with van der Waals surface area (Å²) in [6.07, 6.45) is -4.44. The van der Waals surface area contributed by atoms with Crippen LogP contribution >= 0.6 is 15.9 Å². The van der Waals surface area contributed by atoms with Gasteiger partial charge in [0.05, 0.1) is 6.42 Å². The number of alkyl halides is 3. The summed E-state index contributed by atoms with van der Waals surface area (Å²) in [5.41, 5.74) is 5.41. The second-order valence-electron chi connectivity index (χ2n) is 3.88. The maximum Gasteiger partial charge on any atom is 0.390 e. The molecule has 1 unspecified atom stereocenters. The van der Waals surface area contributed by atoms with E-state index < -0.39 is 28.7 Å². The molecule has 0 spiro atoms. The van der Waals surface area contributed by atoms with Crippen LogP contribution in [0.4, 0.5) is 19.0 Å². The highest BCUT2D eigenvalue weighted by Gasteiger charge is 2.32. The van der Waals surface area contributed by atoms with Crippen molar-refractivity contribution < 1.29 is 21.6 Å². The fourth-order valence-corrected chi connectivity index (χ4v) is 3.20. The van der Waals surface area contributed by atoms with E-state index in [4.69, 9.17) is 5.73 Å². The molecule has 108 valence electrons. The van der Waals surface area contributed by atoms with Gasteiger partial charge in [0.1, 0.15) is 10.7 Å². The summed E-state index contributed by atoms with van der Waals surface area (Å²) in [6.45, 7) is 1.12. The molecule has 1 aromatic rings. The Morgan fingerprint density at radius 3 is 2.63 bits per heavy atom. The number of hydrogen-bond donors (Lipinski definition) is 2. The lowest BCUT2D eigenvalue weighted by Gasteiger charge is -2.16. The Hall–Kier alpha value is -0.870. The zero-order valence-electron chi connectivity index (χ0n) is 9.70. The number of hydrogen-bond acceptors (Lipinski definition) is 4. The summed E-state index contributed by atoms with van der Waals surface area (Å²) in [5.74, 6) is -0.282. The molecule has 1 heterocycles. The van der Waals surface area contributed by atoms with Crippen LogP contribution in [0.1, 0.15) is 13.3 Å². The number of aromatic nitrogens is 1. The SMILES string of the molecule is CC(CC(F)(F)F)NS(=O)(=O)c1cc(Br)cnc1N. The topological polar surface area (TPSA) is 85.1 Å². The van der Waals surface area contributed by atoms with Crippen molar-refractivity contribution >= 4 is 31.8 Å². The van der Waals surface area contributed by atoms with Gasteiger partial charge in [-0.15, -0.1) is 0 Å². The maximum absolute atomic E-state index is 12.1. The largest absolute Gasteiger partial charge is 0.390 e. The first-order valence-corrected chi connectivity index (χ1v) is 7.29. The van der Waals surface area contributed by atoms with Crippen LogP contribution in [0.2, 0.25) is 0 Å². The number of nitrogens with two attached hydrogens (primary N) is 1. The zero-order valence-corrected chi connectivity index (χ0v) is 12.1. The van der Waals surface area contributed by atoms with Crippen LogP contribution in [0.3, 0.4) is 0 Å². The summed E-state index contributed by atoms with van der Waals surface area (Å²) < 4.78 is 62.5. The average Bonchev–Trinajstić information content (AvgIpc) is 2.17. The minimum atomic E-state index is -4.46. The van der Waals surface area contributed by atoms with Crippen LogP contribution in [0.25, 0.3) is 0 Å². The molecule has 1 aromatic heterocycles. The molecule has 0 aliphatic heterocycles. The molecule has 0 aliphatic carbocycles. The van der Waals surface area contributed by atoms with E-state index in [1.807, 2.05) is 4.72 Å². The molecule has 0 bridgehead atoms. The minimum Gasteiger partial charge on any atom is -0.383 e. The van der Waals surface area contributed by atoms with Gasteiger partial charge < -0.3 is 5.73 Å². The Kier molecular flexibility index (Phi) is 4.80. The van der Waals surface area contributed by atoms with Gasteiger partial charge in [-0.3, -0.25) is 0 Å². The predicted octanol–water partition coefficient (Wildman–Crippen LogP) is 2.05. The van der Waals surface area contributed by atoms with Crippen molar-refractivity contribution in [3.8, 4) is 0 Å². The number of nitrogens with one attached hydrogen (secondary N) is 1. The quantitative estimate of drug-likeness (QED) is 0.859. The number of pyridine rings is 1. The van der Waals surface area contributed by atoms with Crippen molar-refractivity contribution in [1.29, 1.82) is 0 Å². The molecule has 1 atom stereocenters. The van der Waals surface area contributed by atoms with Crippen LogP contribution in [-0.4, -0.2) is 25.6 Å². The van der Waals surface area contributed by atoms with Gasteiger partial charge in [-0.25, -0.2) is 18.1 Å². The van der Waals surface area contributed by atoms with Crippen LogP contribution in [0.5, 0.6) is 0 Å². The van der Waals surface area contributed by atoms with Crippen molar-refractivity contribution in [2.45, 2.75) is 30.5 Å². The smallest absolute Gasteiger partial charge is 0.383 e. The molecule has 10 heteroatoms. The highest BCUT2D eigenvalue weighted by Crippen LogP contribution is 2.24. The molecule has 0 aliphatic rings. The van der Waals surface area contributed by atoms with Gasteiger partial charge in [0.15, 0.2) is 0 Å². The van der Waals surface area contributed by atoms with Gasteiger partial charge in [-0.05, 0) is 28.9 Å². The number of halogens is 4. The van der Waals surface area contributed by atoms with Gasteiger partial charge in [-0.2, -0.15) is 13.2 Å². The number of rotatable bonds is 4. The van der Waals surface area contributed by atoms with E-state index in [0.717, 1.165) is 6.92 Å². The number of nitrogen functional groups attached to an aromatic ring is 1. The van der Waals surface area contributed by atoms with Crippen LogP contribution < -0.4 is 10.5 Å². The molecular weight excluding hydrogens is 351 g/mol. The standard InChI is InChI=1S/C9H11BrF3N3O2S/c1-5(3-9(11,12)13)16-19(17,18)7-2-6(10)4-15-8(7)14/h2,4-5,16H,3H2,1H3,(H2,14,15). The normalized spacial score (nSPS) is 14.4. The molecule has 5 nitrogen and oxygen atoms in total. The Morgan fingerprint density at radius 1 is 1.53 bits per heavy atom. The second kappa shape index (κ2) is 5.63. The zero-order chi connectivity index (χ0) is 14.8. The third kappa shape index (κ3) is 4.96. The van der Waals surface area contributed by atoms with Crippen LogP contribution in [-0.2, 0) is 10.0 Å². The van der Waals surface area contributed by atoms with Gasteiger partial charge >= 0.3 is 6.18 Å². The average molecular weight is 362 g/mol. The first-order chi connectivity index (χ1) is 8.51. The number of nitrogens with zero attached hydrogens (tertiary/aromatic N) is 1. The lowest BCUT2D eigenvalue weighted by molar-refractivity contribution is -0.137. The van der Waals surface area contributed by atoms with E-state index in [1.54, 1.807) is 0 Å². The van der Waals surface area contributed by atoms with E-state index in [0.29, 0.717) is 4.47 Å². The van der Waals surface area contributed by atoms with Gasteiger partial charge in [-0.1, -0.05) is 0 Å². The molecule has 0 radical (unpaired) electrons. The van der Waals surface area contributed by atoms with Crippen LogP contribution in [0.15, 0.2) is 21.6 Å². The Balaban J connectivity index is 2.96. The van der Waals surface area contributed by atoms with E-state index in [1.165, 1.54) is 12.3 Å². The predicted molar refractivity (Wildman–Crippen MR) is 66.8 cm³/mol. The van der Waals surface area contributed by atoms with Crippen molar-refractivity contribution in [2.24, 2.45) is 0 Å². The van der Waals surface area contributed by atoms with Gasteiger partial charge in [0, 0.05) is 16.7 Å². The number of anilines is 1. The van der Waals surface area contributed by atoms with Gasteiger partial charge in [0.25, 0.3) is 0 Å². The van der Waals surface area contributed by atoms with E-state index >= 15 is 0 Å². The van der Waals surface area contributed by atoms with E-state index in [-0.39, 0.29) is 10.7 Å². The minimum absolute atomic E-state index is 0.282. The van der Waals surface area contributed by atoms with Gasteiger partial charge in [0.2, 0.25) is 10.0 Å². The third-order valence-electron chi connectivity index (χ3n) is 2.03. The Morgan fingerprint density at radius 2 is 2.11 bits per heavy atom. The number of sulfonamides is 1. The lowest BCUT2D eigenvalue weighted by atomic mass is 10.2. The third-order valence-corrected chi connectivity index (χ3v) is 4.08. The summed E-state index contributed by atoms with van der Waals surface area (Å²) in [5, 5.41) is 0. The first kappa shape index (κ1) is 16.2. The molecule has 1 rings (SSSR count). The summed E-state index contributed by atoms with van der Waals surface area (Å²) in [4.78, 5) is 3.25. The van der Waals surface area contributed by atoms with E-state index in [2.05, 4.69) is 20.9 Å². The lowest BCUT2D eigenvalue weighted by Crippen LogP contribution is -2.36. The molecule has 0 fully saturated rings. The second-order valence-corrected chi connectivity index (χ2v) is 6.48. The molecule has 0 saturated heterocycles. The van der Waals surface area contributed by atoms with E-state index in [9.17, 15) is 21.6 Å². The first-order valence-electron chi connectivity index (χ1n) is 5.01. The van der Waals surface area contributed by atoms with Crippen molar-refractivity contribution in [2.75, 3.05) is 5.73 Å². The summed E-state index contributed by atoms with van der Waals surface area (Å²) in [7, 11) is -4.15. The molecule has 0 saturated carbocycles.